The van der Waals surface area contributed by atoms with Gasteiger partial charge in [0.25, 0.3) is 0 Å². The van der Waals surface area contributed by atoms with Gasteiger partial charge in [0.2, 0.25) is 0 Å². The van der Waals surface area contributed by atoms with Crippen molar-refractivity contribution in [1.29, 1.82) is 0 Å². The van der Waals surface area contributed by atoms with E-state index in [0.29, 0.717) is 6.04 Å². The summed E-state index contributed by atoms with van der Waals surface area (Å²) in [5, 5.41) is 3.61. The lowest BCUT2D eigenvalue weighted by atomic mass is 9.87. The Balaban J connectivity index is 1.69. The lowest BCUT2D eigenvalue weighted by Crippen LogP contribution is -2.28. The van der Waals surface area contributed by atoms with Crippen LogP contribution in [0.4, 0.5) is 5.69 Å². The molecule has 1 aromatic carbocycles. The molecule has 2 bridgehead atoms. The smallest absolute Gasteiger partial charge is 0.0354 e. The van der Waals surface area contributed by atoms with Crippen LogP contribution in [0.1, 0.15) is 25.3 Å². The fourth-order valence-corrected chi connectivity index (χ4v) is 3.47. The number of allylic oxidation sites excluding steroid dienone is 2. The molecule has 1 aromatic rings. The van der Waals surface area contributed by atoms with E-state index in [4.69, 9.17) is 6.42 Å². The zero-order valence-electron chi connectivity index (χ0n) is 10.8. The highest BCUT2D eigenvalue weighted by Gasteiger charge is 2.38. The Hall–Kier alpha value is -1.68. The van der Waals surface area contributed by atoms with Crippen molar-refractivity contribution in [2.75, 3.05) is 5.32 Å². The van der Waals surface area contributed by atoms with E-state index in [1.165, 1.54) is 12.8 Å². The summed E-state index contributed by atoms with van der Waals surface area (Å²) in [5.41, 5.74) is 2.09. The van der Waals surface area contributed by atoms with Crippen molar-refractivity contribution >= 4 is 5.69 Å². The largest absolute Gasteiger partial charge is 0.382 e. The third-order valence-electron chi connectivity index (χ3n) is 4.40. The van der Waals surface area contributed by atoms with Crippen LogP contribution in [0.25, 0.3) is 0 Å². The number of fused-ring (bicyclic) bond motifs is 2. The molecule has 0 spiro atoms. The van der Waals surface area contributed by atoms with Gasteiger partial charge in [-0.05, 0) is 55.7 Å². The number of hydrogen-bond acceptors (Lipinski definition) is 1. The molecule has 0 amide bonds. The summed E-state index contributed by atoms with van der Waals surface area (Å²) in [6.07, 6.45) is 12.9. The van der Waals surface area contributed by atoms with Crippen LogP contribution >= 0.6 is 0 Å². The van der Waals surface area contributed by atoms with Crippen molar-refractivity contribution in [2.24, 2.45) is 17.8 Å². The van der Waals surface area contributed by atoms with Crippen LogP contribution in [0.5, 0.6) is 0 Å². The number of nitrogens with one attached hydrogen (secondary N) is 1. The van der Waals surface area contributed by atoms with E-state index < -0.39 is 0 Å². The molecule has 4 unspecified atom stereocenters. The van der Waals surface area contributed by atoms with Crippen molar-refractivity contribution in [3.8, 4) is 12.3 Å². The second-order valence-electron chi connectivity index (χ2n) is 5.60. The van der Waals surface area contributed by atoms with Gasteiger partial charge >= 0.3 is 0 Å². The Labute approximate surface area is 109 Å². The average molecular weight is 237 g/mol. The highest BCUT2D eigenvalue weighted by Crippen LogP contribution is 2.45. The van der Waals surface area contributed by atoms with Gasteiger partial charge in [-0.25, -0.2) is 0 Å². The van der Waals surface area contributed by atoms with Gasteiger partial charge in [-0.2, -0.15) is 0 Å². The van der Waals surface area contributed by atoms with Crippen LogP contribution in [-0.4, -0.2) is 6.04 Å². The van der Waals surface area contributed by atoms with Gasteiger partial charge in [0.15, 0.2) is 0 Å². The second kappa shape index (κ2) is 4.53. The average Bonchev–Trinajstić information content (AvgIpc) is 3.01. The molecule has 0 saturated heterocycles. The highest BCUT2D eigenvalue weighted by atomic mass is 14.9. The summed E-state index contributed by atoms with van der Waals surface area (Å²) in [6, 6.07) is 8.65. The zero-order valence-corrected chi connectivity index (χ0v) is 10.8. The lowest BCUT2D eigenvalue weighted by Gasteiger charge is -2.27. The molecule has 1 nitrogen and oxygen atoms in total. The predicted octanol–water partition coefficient (Wildman–Crippen LogP) is 3.68. The monoisotopic (exact) mass is 237 g/mol. The Kier molecular flexibility index (Phi) is 2.88. The minimum atomic E-state index is 0.512. The van der Waals surface area contributed by atoms with Gasteiger partial charge in [-0.15, -0.1) is 6.42 Å². The number of anilines is 1. The number of benzene rings is 1. The van der Waals surface area contributed by atoms with E-state index in [1.54, 1.807) is 0 Å². The first-order chi connectivity index (χ1) is 8.76. The van der Waals surface area contributed by atoms with Crippen molar-refractivity contribution in [3.63, 3.8) is 0 Å². The maximum Gasteiger partial charge on any atom is 0.0354 e. The molecule has 1 N–H and O–H groups in total. The molecular formula is C17H19N. The molecule has 4 atom stereocenters. The van der Waals surface area contributed by atoms with Gasteiger partial charge in [0, 0.05) is 17.3 Å². The molecule has 1 saturated carbocycles. The number of rotatable bonds is 3. The maximum atomic E-state index is 5.43. The first kappa shape index (κ1) is 11.4. The van der Waals surface area contributed by atoms with Crippen LogP contribution in [0.2, 0.25) is 0 Å². The fourth-order valence-electron chi connectivity index (χ4n) is 3.47. The third kappa shape index (κ3) is 2.04. The van der Waals surface area contributed by atoms with E-state index in [1.807, 2.05) is 12.1 Å². The topological polar surface area (TPSA) is 12.0 Å². The van der Waals surface area contributed by atoms with Gasteiger partial charge in [-0.3, -0.25) is 0 Å². The van der Waals surface area contributed by atoms with Gasteiger partial charge in [0.1, 0.15) is 0 Å². The summed E-state index contributed by atoms with van der Waals surface area (Å²) >= 11 is 0. The quantitative estimate of drug-likeness (QED) is 0.624. The molecule has 2 aliphatic carbocycles. The van der Waals surface area contributed by atoms with E-state index in [2.05, 4.69) is 42.4 Å². The second-order valence-corrected chi connectivity index (χ2v) is 5.60. The molecule has 1 heteroatoms. The minimum Gasteiger partial charge on any atom is -0.382 e. The Bertz CT molecular complexity index is 509. The van der Waals surface area contributed by atoms with E-state index in [9.17, 15) is 0 Å². The first-order valence-electron chi connectivity index (χ1n) is 6.78. The molecule has 0 heterocycles. The highest BCUT2D eigenvalue weighted by molar-refractivity contribution is 5.50. The SMILES string of the molecule is C#Cc1cccc(NC(C)C2CC3C=CC2C3)c1. The zero-order chi connectivity index (χ0) is 12.5. The van der Waals surface area contributed by atoms with Crippen LogP contribution in [0.15, 0.2) is 36.4 Å². The molecule has 3 rings (SSSR count). The molecule has 1 fully saturated rings. The summed E-state index contributed by atoms with van der Waals surface area (Å²) in [6.45, 7) is 2.29. The van der Waals surface area contributed by atoms with Crippen LogP contribution < -0.4 is 5.32 Å². The van der Waals surface area contributed by atoms with Gasteiger partial charge in [0.05, 0.1) is 0 Å². The van der Waals surface area contributed by atoms with Crippen molar-refractivity contribution < 1.29 is 0 Å². The van der Waals surface area contributed by atoms with Crippen molar-refractivity contribution in [1.82, 2.24) is 0 Å². The van der Waals surface area contributed by atoms with Crippen LogP contribution in [0.3, 0.4) is 0 Å². The summed E-state index contributed by atoms with van der Waals surface area (Å²) < 4.78 is 0. The molecule has 18 heavy (non-hydrogen) atoms. The molecule has 0 radical (unpaired) electrons. The molecule has 0 aromatic heterocycles. The summed E-state index contributed by atoms with van der Waals surface area (Å²) in [4.78, 5) is 0. The first-order valence-corrected chi connectivity index (χ1v) is 6.78. The lowest BCUT2D eigenvalue weighted by molar-refractivity contribution is 0.400. The number of terminal acetylenes is 1. The predicted molar refractivity (Wildman–Crippen MR) is 76.3 cm³/mol. The number of hydrogen-bond donors (Lipinski definition) is 1. The van der Waals surface area contributed by atoms with Crippen LogP contribution in [-0.2, 0) is 0 Å². The molecule has 0 aliphatic heterocycles. The minimum absolute atomic E-state index is 0.512. The van der Waals surface area contributed by atoms with E-state index in [-0.39, 0.29) is 0 Å². The molecule has 92 valence electrons. The van der Waals surface area contributed by atoms with Crippen LogP contribution in [0, 0.1) is 30.1 Å². The van der Waals surface area contributed by atoms with E-state index in [0.717, 1.165) is 29.0 Å². The maximum absolute atomic E-state index is 5.43. The summed E-state index contributed by atoms with van der Waals surface area (Å²) in [7, 11) is 0. The Morgan fingerprint density at radius 1 is 1.33 bits per heavy atom. The molecule has 2 aliphatic rings. The van der Waals surface area contributed by atoms with E-state index >= 15 is 0 Å². The third-order valence-corrected chi connectivity index (χ3v) is 4.40. The Morgan fingerprint density at radius 3 is 2.89 bits per heavy atom. The van der Waals surface area contributed by atoms with Gasteiger partial charge in [-0.1, -0.05) is 24.1 Å². The molecular weight excluding hydrogens is 218 g/mol. The normalized spacial score (nSPS) is 30.1. The van der Waals surface area contributed by atoms with Crippen molar-refractivity contribution in [3.05, 3.63) is 42.0 Å². The Morgan fingerprint density at radius 2 is 2.22 bits per heavy atom. The summed E-state index contributed by atoms with van der Waals surface area (Å²) in [5.74, 6) is 5.08. The van der Waals surface area contributed by atoms with Crippen molar-refractivity contribution in [2.45, 2.75) is 25.8 Å². The fraction of sp³-hybridized carbons (Fsp3) is 0.412. The standard InChI is InChI=1S/C17H19N/c1-3-13-5-4-6-16(10-13)18-12(2)17-11-14-7-8-15(17)9-14/h1,4-8,10,12,14-15,17-18H,9,11H2,2H3. The van der Waals surface area contributed by atoms with Gasteiger partial charge < -0.3 is 5.32 Å².